The maximum absolute atomic E-state index is 12.4. The van der Waals surface area contributed by atoms with Gasteiger partial charge in [0, 0.05) is 32.0 Å². The van der Waals surface area contributed by atoms with E-state index in [4.69, 9.17) is 5.73 Å². The van der Waals surface area contributed by atoms with Crippen LogP contribution in [0.4, 0.5) is 0 Å². The fraction of sp³-hybridized carbons (Fsp3) is 0.571. The van der Waals surface area contributed by atoms with E-state index in [0.29, 0.717) is 13.1 Å². The molecule has 0 bridgehead atoms. The molecule has 1 aliphatic carbocycles. The van der Waals surface area contributed by atoms with Crippen LogP contribution in [0.2, 0.25) is 0 Å². The van der Waals surface area contributed by atoms with E-state index >= 15 is 0 Å². The SMILES string of the molecule is CN(C)CCN(Cc1cccnc1)C(=O)C1(N)CC1. The Morgan fingerprint density at radius 2 is 2.16 bits per heavy atom. The van der Waals surface area contributed by atoms with Crippen molar-refractivity contribution in [2.75, 3.05) is 27.2 Å². The Morgan fingerprint density at radius 1 is 1.42 bits per heavy atom. The molecule has 1 fully saturated rings. The van der Waals surface area contributed by atoms with Gasteiger partial charge in [0.2, 0.25) is 5.91 Å². The summed E-state index contributed by atoms with van der Waals surface area (Å²) in [5.41, 5.74) is 6.47. The fourth-order valence-corrected chi connectivity index (χ4v) is 1.95. The molecule has 1 saturated carbocycles. The van der Waals surface area contributed by atoms with Crippen molar-refractivity contribution in [2.45, 2.75) is 24.9 Å². The molecule has 5 nitrogen and oxygen atoms in total. The zero-order valence-corrected chi connectivity index (χ0v) is 11.7. The number of aromatic nitrogens is 1. The van der Waals surface area contributed by atoms with Crippen molar-refractivity contribution in [3.63, 3.8) is 0 Å². The van der Waals surface area contributed by atoms with E-state index in [2.05, 4.69) is 9.88 Å². The van der Waals surface area contributed by atoms with E-state index in [1.54, 1.807) is 12.4 Å². The molecule has 2 N–H and O–H groups in total. The molecule has 1 heterocycles. The summed E-state index contributed by atoms with van der Waals surface area (Å²) in [5.74, 6) is 0.0678. The molecule has 0 atom stereocenters. The standard InChI is InChI=1S/C14H22N4O/c1-17(2)8-9-18(13(19)14(15)5-6-14)11-12-4-3-7-16-10-12/h3-4,7,10H,5-6,8-9,11,15H2,1-2H3. The van der Waals surface area contributed by atoms with Crippen molar-refractivity contribution in [1.29, 1.82) is 0 Å². The molecule has 5 heteroatoms. The molecule has 19 heavy (non-hydrogen) atoms. The Balaban J connectivity index is 2.03. The first-order valence-electron chi connectivity index (χ1n) is 6.63. The van der Waals surface area contributed by atoms with Gasteiger partial charge in [0.15, 0.2) is 0 Å². The van der Waals surface area contributed by atoms with Gasteiger partial charge in [-0.2, -0.15) is 0 Å². The summed E-state index contributed by atoms with van der Waals surface area (Å²) in [7, 11) is 4.00. The van der Waals surface area contributed by atoms with E-state index in [0.717, 1.165) is 24.9 Å². The Hall–Kier alpha value is -1.46. The first kappa shape index (κ1) is 14.0. The number of rotatable bonds is 6. The van der Waals surface area contributed by atoms with Crippen molar-refractivity contribution in [2.24, 2.45) is 5.73 Å². The first-order valence-corrected chi connectivity index (χ1v) is 6.63. The second-order valence-corrected chi connectivity index (χ2v) is 5.55. The Morgan fingerprint density at radius 3 is 2.68 bits per heavy atom. The van der Waals surface area contributed by atoms with Gasteiger partial charge >= 0.3 is 0 Å². The Bertz CT molecular complexity index is 428. The number of hydrogen-bond donors (Lipinski definition) is 1. The van der Waals surface area contributed by atoms with Gasteiger partial charge in [-0.15, -0.1) is 0 Å². The molecular formula is C14H22N4O. The van der Waals surface area contributed by atoms with Gasteiger partial charge in [-0.25, -0.2) is 0 Å². The molecule has 1 aliphatic rings. The number of carbonyl (C=O) groups excluding carboxylic acids is 1. The number of pyridine rings is 1. The summed E-state index contributed by atoms with van der Waals surface area (Å²) in [6, 6.07) is 3.87. The largest absolute Gasteiger partial charge is 0.335 e. The lowest BCUT2D eigenvalue weighted by Gasteiger charge is -2.27. The van der Waals surface area contributed by atoms with Gasteiger partial charge in [-0.05, 0) is 38.6 Å². The highest BCUT2D eigenvalue weighted by Crippen LogP contribution is 2.34. The lowest BCUT2D eigenvalue weighted by molar-refractivity contribution is -0.134. The Kier molecular flexibility index (Phi) is 4.17. The van der Waals surface area contributed by atoms with Gasteiger partial charge in [0.25, 0.3) is 0 Å². The van der Waals surface area contributed by atoms with Crippen LogP contribution in [-0.2, 0) is 11.3 Å². The molecule has 1 aromatic rings. The number of amides is 1. The van der Waals surface area contributed by atoms with Crippen LogP contribution in [0.1, 0.15) is 18.4 Å². The second-order valence-electron chi connectivity index (χ2n) is 5.55. The minimum atomic E-state index is -0.603. The smallest absolute Gasteiger partial charge is 0.243 e. The van der Waals surface area contributed by atoms with Crippen LogP contribution < -0.4 is 5.73 Å². The second kappa shape index (κ2) is 5.67. The van der Waals surface area contributed by atoms with Gasteiger partial charge in [0.05, 0.1) is 5.54 Å². The van der Waals surface area contributed by atoms with Crippen LogP contribution >= 0.6 is 0 Å². The molecule has 0 aromatic carbocycles. The van der Waals surface area contributed by atoms with Crippen LogP contribution in [0, 0.1) is 0 Å². The lowest BCUT2D eigenvalue weighted by atomic mass is 10.2. The van der Waals surface area contributed by atoms with Gasteiger partial charge in [0.1, 0.15) is 0 Å². The molecule has 0 spiro atoms. The van der Waals surface area contributed by atoms with Gasteiger partial charge in [-0.3, -0.25) is 9.78 Å². The molecule has 1 amide bonds. The summed E-state index contributed by atoms with van der Waals surface area (Å²) in [6.07, 6.45) is 5.14. The van der Waals surface area contributed by atoms with Crippen molar-refractivity contribution in [3.05, 3.63) is 30.1 Å². The van der Waals surface area contributed by atoms with Crippen LogP contribution in [0.15, 0.2) is 24.5 Å². The Labute approximate surface area is 114 Å². The van der Waals surface area contributed by atoms with E-state index in [-0.39, 0.29) is 5.91 Å². The maximum atomic E-state index is 12.4. The van der Waals surface area contributed by atoms with E-state index in [9.17, 15) is 4.79 Å². The van der Waals surface area contributed by atoms with Crippen molar-refractivity contribution < 1.29 is 4.79 Å². The monoisotopic (exact) mass is 262 g/mol. The molecule has 0 unspecified atom stereocenters. The number of nitrogens with zero attached hydrogens (tertiary/aromatic N) is 3. The molecule has 0 saturated heterocycles. The topological polar surface area (TPSA) is 62.5 Å². The van der Waals surface area contributed by atoms with Crippen LogP contribution in [-0.4, -0.2) is 53.4 Å². The number of likely N-dealkylation sites (N-methyl/N-ethyl adjacent to an activating group) is 1. The highest BCUT2D eigenvalue weighted by Gasteiger charge is 2.48. The van der Waals surface area contributed by atoms with Crippen molar-refractivity contribution in [3.8, 4) is 0 Å². The minimum absolute atomic E-state index is 0.0678. The van der Waals surface area contributed by atoms with E-state index in [1.165, 1.54) is 0 Å². The van der Waals surface area contributed by atoms with Crippen LogP contribution in [0.25, 0.3) is 0 Å². The summed E-state index contributed by atoms with van der Waals surface area (Å²) in [4.78, 5) is 20.4. The zero-order valence-electron chi connectivity index (χ0n) is 11.7. The molecule has 0 aliphatic heterocycles. The maximum Gasteiger partial charge on any atom is 0.243 e. The highest BCUT2D eigenvalue weighted by atomic mass is 16.2. The average molecular weight is 262 g/mol. The van der Waals surface area contributed by atoms with Crippen molar-refractivity contribution >= 4 is 5.91 Å². The zero-order chi connectivity index (χ0) is 13.9. The van der Waals surface area contributed by atoms with Crippen molar-refractivity contribution in [1.82, 2.24) is 14.8 Å². The summed E-state index contributed by atoms with van der Waals surface area (Å²) >= 11 is 0. The predicted octanol–water partition coefficient (Wildman–Crippen LogP) is 0.463. The molecule has 0 radical (unpaired) electrons. The van der Waals surface area contributed by atoms with Crippen LogP contribution in [0.5, 0.6) is 0 Å². The summed E-state index contributed by atoms with van der Waals surface area (Å²) in [5, 5.41) is 0. The molecular weight excluding hydrogens is 240 g/mol. The third-order valence-corrected chi connectivity index (χ3v) is 3.42. The fourth-order valence-electron chi connectivity index (χ4n) is 1.95. The summed E-state index contributed by atoms with van der Waals surface area (Å²) in [6.45, 7) is 2.11. The van der Waals surface area contributed by atoms with Gasteiger partial charge < -0.3 is 15.5 Å². The molecule has 2 rings (SSSR count). The highest BCUT2D eigenvalue weighted by molar-refractivity contribution is 5.89. The normalized spacial score (nSPS) is 16.4. The lowest BCUT2D eigenvalue weighted by Crippen LogP contribution is -2.47. The third kappa shape index (κ3) is 3.75. The first-order chi connectivity index (χ1) is 9.01. The quantitative estimate of drug-likeness (QED) is 0.809. The number of carbonyl (C=O) groups is 1. The number of hydrogen-bond acceptors (Lipinski definition) is 4. The third-order valence-electron chi connectivity index (χ3n) is 3.42. The average Bonchev–Trinajstić information content (AvgIpc) is 3.14. The summed E-state index contributed by atoms with van der Waals surface area (Å²) < 4.78 is 0. The van der Waals surface area contributed by atoms with Crippen LogP contribution in [0.3, 0.4) is 0 Å². The minimum Gasteiger partial charge on any atom is -0.335 e. The van der Waals surface area contributed by atoms with E-state index < -0.39 is 5.54 Å². The van der Waals surface area contributed by atoms with Gasteiger partial charge in [-0.1, -0.05) is 6.07 Å². The molecule has 104 valence electrons. The predicted molar refractivity (Wildman–Crippen MR) is 74.4 cm³/mol. The van der Waals surface area contributed by atoms with E-state index in [1.807, 2.05) is 31.1 Å². The number of nitrogens with two attached hydrogens (primary N) is 1. The molecule has 1 aromatic heterocycles.